The van der Waals surface area contributed by atoms with Crippen molar-refractivity contribution in [1.82, 2.24) is 9.78 Å². The molecule has 0 saturated heterocycles. The van der Waals surface area contributed by atoms with Gasteiger partial charge in [-0.1, -0.05) is 35.9 Å². The van der Waals surface area contributed by atoms with Crippen LogP contribution in [0, 0.1) is 20.8 Å². The Kier molecular flexibility index (Phi) is 5.63. The fourth-order valence-electron chi connectivity index (χ4n) is 3.48. The summed E-state index contributed by atoms with van der Waals surface area (Å²) in [5.41, 5.74) is 5.39. The molecule has 1 unspecified atom stereocenters. The Hall–Kier alpha value is -3.06. The van der Waals surface area contributed by atoms with Gasteiger partial charge in [0.05, 0.1) is 22.8 Å². The molecule has 1 aromatic heterocycles. The van der Waals surface area contributed by atoms with Crippen molar-refractivity contribution >= 4 is 29.3 Å². The molecule has 0 fully saturated rings. The molecule has 1 aliphatic rings. The topological polar surface area (TPSA) is 73.2 Å². The van der Waals surface area contributed by atoms with E-state index in [1.165, 1.54) is 17.3 Å². The number of nitrogens with one attached hydrogen (secondary N) is 1. The molecule has 1 atom stereocenters. The predicted octanol–water partition coefficient (Wildman–Crippen LogP) is 4.00. The van der Waals surface area contributed by atoms with Crippen molar-refractivity contribution in [3.8, 4) is 5.69 Å². The van der Waals surface area contributed by atoms with Gasteiger partial charge in [-0.05, 0) is 51.0 Å². The second-order valence-corrected chi connectivity index (χ2v) is 8.61. The fraction of sp³-hybridized carbons (Fsp3) is 0.261. The normalized spacial score (nSPS) is 15.0. The Labute approximate surface area is 179 Å². The number of thioether (sulfide) groups is 1. The lowest BCUT2D eigenvalue weighted by atomic mass is 10.1. The third kappa shape index (κ3) is 4.11. The molecule has 2 heterocycles. The van der Waals surface area contributed by atoms with Gasteiger partial charge in [0.2, 0.25) is 0 Å². The number of nitrogens with zero attached hydrogens (tertiary/aromatic N) is 2. The van der Waals surface area contributed by atoms with Crippen molar-refractivity contribution in [3.63, 3.8) is 0 Å². The molecule has 3 aromatic rings. The van der Waals surface area contributed by atoms with Crippen LogP contribution in [0.4, 0.5) is 5.69 Å². The van der Waals surface area contributed by atoms with Gasteiger partial charge in [0.25, 0.3) is 5.91 Å². The lowest BCUT2D eigenvalue weighted by Gasteiger charge is -2.10. The zero-order chi connectivity index (χ0) is 21.3. The number of carbonyl (C=O) groups is 2. The quantitative estimate of drug-likeness (QED) is 0.631. The number of amides is 1. The average Bonchev–Trinajstić information content (AvgIpc) is 3.29. The molecule has 0 spiro atoms. The van der Waals surface area contributed by atoms with Gasteiger partial charge in [-0.15, -0.1) is 11.8 Å². The summed E-state index contributed by atoms with van der Waals surface area (Å²) in [6, 6.07) is 15.9. The highest BCUT2D eigenvalue weighted by Crippen LogP contribution is 2.37. The largest absolute Gasteiger partial charge is 0.455 e. The fourth-order valence-corrected chi connectivity index (χ4v) is 4.67. The van der Waals surface area contributed by atoms with Crippen LogP contribution in [0.2, 0.25) is 0 Å². The number of carbonyl (C=O) groups excluding carboxylic acids is 2. The summed E-state index contributed by atoms with van der Waals surface area (Å²) in [5, 5.41) is 7.07. The SMILES string of the molecule is Cc1ccc(-n2nc(C)c(NC(=O)COC(=O)C3Cc4ccccc4S3)c2C)cc1. The van der Waals surface area contributed by atoms with Crippen molar-refractivity contribution in [2.45, 2.75) is 37.3 Å². The number of fused-ring (bicyclic) bond motifs is 1. The van der Waals surface area contributed by atoms with Crippen molar-refractivity contribution in [3.05, 3.63) is 71.0 Å². The van der Waals surface area contributed by atoms with Crippen molar-refractivity contribution in [1.29, 1.82) is 0 Å². The van der Waals surface area contributed by atoms with E-state index in [-0.39, 0.29) is 23.7 Å². The number of aryl methyl sites for hydroxylation is 2. The van der Waals surface area contributed by atoms with E-state index in [9.17, 15) is 9.59 Å². The van der Waals surface area contributed by atoms with Gasteiger partial charge >= 0.3 is 5.97 Å². The van der Waals surface area contributed by atoms with Crippen LogP contribution in [0.25, 0.3) is 5.69 Å². The molecular formula is C23H23N3O3S. The first kappa shape index (κ1) is 20.2. The van der Waals surface area contributed by atoms with Gasteiger partial charge < -0.3 is 10.1 Å². The Morgan fingerprint density at radius 1 is 1.13 bits per heavy atom. The molecular weight excluding hydrogens is 398 g/mol. The number of rotatable bonds is 5. The van der Waals surface area contributed by atoms with Crippen LogP contribution in [0.15, 0.2) is 53.4 Å². The maximum Gasteiger partial charge on any atom is 0.320 e. The highest BCUT2D eigenvalue weighted by molar-refractivity contribution is 8.01. The van der Waals surface area contributed by atoms with Gasteiger partial charge in [-0.25, -0.2) is 4.68 Å². The molecule has 1 N–H and O–H groups in total. The summed E-state index contributed by atoms with van der Waals surface area (Å²) in [6.07, 6.45) is 0.628. The Bertz CT molecular complexity index is 1080. The number of benzene rings is 2. The van der Waals surface area contributed by atoms with Gasteiger partial charge in [0.1, 0.15) is 5.25 Å². The van der Waals surface area contributed by atoms with E-state index in [0.717, 1.165) is 21.8 Å². The molecule has 0 bridgehead atoms. The minimum atomic E-state index is -0.376. The van der Waals surface area contributed by atoms with Crippen LogP contribution in [0.5, 0.6) is 0 Å². The standard InChI is InChI=1S/C23H23N3O3S/c1-14-8-10-18(11-9-14)26-16(3)22(15(2)25-26)24-21(27)13-29-23(28)20-12-17-6-4-5-7-19(17)30-20/h4-11,20H,12-13H2,1-3H3,(H,24,27). The first-order chi connectivity index (χ1) is 14.4. The summed E-state index contributed by atoms with van der Waals surface area (Å²) in [7, 11) is 0. The highest BCUT2D eigenvalue weighted by atomic mass is 32.2. The minimum Gasteiger partial charge on any atom is -0.455 e. The van der Waals surface area contributed by atoms with E-state index in [1.54, 1.807) is 4.68 Å². The number of ether oxygens (including phenoxy) is 1. The minimum absolute atomic E-state index is 0.303. The molecule has 154 valence electrons. The van der Waals surface area contributed by atoms with Crippen LogP contribution in [-0.2, 0) is 20.7 Å². The first-order valence-corrected chi connectivity index (χ1v) is 10.6. The lowest BCUT2D eigenvalue weighted by Crippen LogP contribution is -2.26. The molecule has 0 aliphatic carbocycles. The maximum absolute atomic E-state index is 12.4. The summed E-state index contributed by atoms with van der Waals surface area (Å²) >= 11 is 1.49. The molecule has 4 rings (SSSR count). The van der Waals surface area contributed by atoms with E-state index in [4.69, 9.17) is 4.74 Å². The summed E-state index contributed by atoms with van der Waals surface area (Å²) in [4.78, 5) is 25.9. The van der Waals surface area contributed by atoms with Crippen LogP contribution in [0.1, 0.15) is 22.5 Å². The number of esters is 1. The average molecular weight is 422 g/mol. The molecule has 1 amide bonds. The summed E-state index contributed by atoms with van der Waals surface area (Å²) in [6.45, 7) is 5.45. The molecule has 0 saturated carbocycles. The van der Waals surface area contributed by atoms with Crippen LogP contribution >= 0.6 is 11.8 Å². The summed E-state index contributed by atoms with van der Waals surface area (Å²) in [5.74, 6) is -0.742. The smallest absolute Gasteiger partial charge is 0.320 e. The molecule has 0 radical (unpaired) electrons. The number of anilines is 1. The van der Waals surface area contributed by atoms with E-state index in [2.05, 4.69) is 10.4 Å². The highest BCUT2D eigenvalue weighted by Gasteiger charge is 2.29. The second-order valence-electron chi connectivity index (χ2n) is 7.37. The Balaban J connectivity index is 1.36. The molecule has 2 aromatic carbocycles. The number of aromatic nitrogens is 2. The molecule has 6 nitrogen and oxygen atoms in total. The molecule has 7 heteroatoms. The van der Waals surface area contributed by atoms with Gasteiger partial charge in [-0.3, -0.25) is 9.59 Å². The third-order valence-corrected chi connectivity index (χ3v) is 6.39. The van der Waals surface area contributed by atoms with Gasteiger partial charge in [0.15, 0.2) is 6.61 Å². The lowest BCUT2D eigenvalue weighted by molar-refractivity contribution is -0.146. The van der Waals surface area contributed by atoms with Gasteiger partial charge in [0, 0.05) is 4.90 Å². The molecule has 30 heavy (non-hydrogen) atoms. The summed E-state index contributed by atoms with van der Waals surface area (Å²) < 4.78 is 7.07. The van der Waals surface area contributed by atoms with Crippen LogP contribution < -0.4 is 5.32 Å². The van der Waals surface area contributed by atoms with Crippen molar-refractivity contribution < 1.29 is 14.3 Å². The van der Waals surface area contributed by atoms with Crippen LogP contribution in [0.3, 0.4) is 0 Å². The van der Waals surface area contributed by atoms with E-state index in [1.807, 2.05) is 69.3 Å². The van der Waals surface area contributed by atoms with Gasteiger partial charge in [-0.2, -0.15) is 5.10 Å². The predicted molar refractivity (Wildman–Crippen MR) is 117 cm³/mol. The second kappa shape index (κ2) is 8.36. The zero-order valence-electron chi connectivity index (χ0n) is 17.1. The Morgan fingerprint density at radius 3 is 2.60 bits per heavy atom. The van der Waals surface area contributed by atoms with E-state index >= 15 is 0 Å². The third-order valence-electron chi connectivity index (χ3n) is 5.09. The first-order valence-electron chi connectivity index (χ1n) is 9.76. The van der Waals surface area contributed by atoms with E-state index < -0.39 is 0 Å². The van der Waals surface area contributed by atoms with Crippen molar-refractivity contribution in [2.24, 2.45) is 0 Å². The number of hydrogen-bond acceptors (Lipinski definition) is 5. The van der Waals surface area contributed by atoms with E-state index in [0.29, 0.717) is 17.8 Å². The zero-order valence-corrected chi connectivity index (χ0v) is 18.0. The Morgan fingerprint density at radius 2 is 1.87 bits per heavy atom. The monoisotopic (exact) mass is 421 g/mol. The van der Waals surface area contributed by atoms with Crippen molar-refractivity contribution in [2.75, 3.05) is 11.9 Å². The van der Waals surface area contributed by atoms with Crippen LogP contribution in [-0.4, -0.2) is 33.5 Å². The number of hydrogen-bond donors (Lipinski definition) is 1. The molecule has 1 aliphatic heterocycles. The maximum atomic E-state index is 12.4.